The third-order valence-electron chi connectivity index (χ3n) is 2.85. The minimum Gasteiger partial charge on any atom is -0.393 e. The summed E-state index contributed by atoms with van der Waals surface area (Å²) in [6.45, 7) is 0. The second-order valence-electron chi connectivity index (χ2n) is 4.39. The van der Waals surface area contributed by atoms with Crippen molar-refractivity contribution in [1.82, 2.24) is 4.98 Å². The van der Waals surface area contributed by atoms with Crippen LogP contribution in [0.25, 0.3) is 0 Å². The van der Waals surface area contributed by atoms with Crippen LogP contribution in [-0.4, -0.2) is 16.2 Å². The molecule has 2 aromatic rings. The molecular formula is C15H16BrNO. The van der Waals surface area contributed by atoms with Crippen LogP contribution < -0.4 is 0 Å². The van der Waals surface area contributed by atoms with Gasteiger partial charge in [-0.3, -0.25) is 4.98 Å². The number of pyridine rings is 1. The predicted octanol–water partition coefficient (Wildman–Crippen LogP) is 3.38. The van der Waals surface area contributed by atoms with E-state index in [-0.39, 0.29) is 6.10 Å². The van der Waals surface area contributed by atoms with Gasteiger partial charge in [0, 0.05) is 16.9 Å². The minimum absolute atomic E-state index is 0.306. The highest BCUT2D eigenvalue weighted by Gasteiger charge is 2.06. The number of aromatic nitrogens is 1. The highest BCUT2D eigenvalue weighted by atomic mass is 79.9. The molecule has 0 aliphatic carbocycles. The van der Waals surface area contributed by atoms with Gasteiger partial charge in [-0.05, 0) is 48.6 Å². The minimum atomic E-state index is -0.306. The highest BCUT2D eigenvalue weighted by molar-refractivity contribution is 9.10. The number of aryl methyl sites for hydroxylation is 1. The molecule has 0 aliphatic rings. The molecule has 1 aromatic carbocycles. The Hall–Kier alpha value is -1.19. The van der Waals surface area contributed by atoms with E-state index in [1.807, 2.05) is 42.6 Å². The zero-order valence-electron chi connectivity index (χ0n) is 10.1. The maximum atomic E-state index is 10.0. The standard InChI is InChI=1S/C15H16BrNO/c16-14-5-1-3-13(9-14)10-15(18)7-6-12-4-2-8-17-11-12/h1-5,8-9,11,15,18H,6-7,10H2. The van der Waals surface area contributed by atoms with Gasteiger partial charge in [0.25, 0.3) is 0 Å². The summed E-state index contributed by atoms with van der Waals surface area (Å²) in [6, 6.07) is 12.0. The molecule has 0 amide bonds. The first kappa shape index (κ1) is 13.2. The second-order valence-corrected chi connectivity index (χ2v) is 5.30. The SMILES string of the molecule is OC(CCc1cccnc1)Cc1cccc(Br)c1. The van der Waals surface area contributed by atoms with Crippen molar-refractivity contribution in [2.45, 2.75) is 25.4 Å². The maximum absolute atomic E-state index is 10.0. The molecule has 1 aromatic heterocycles. The van der Waals surface area contributed by atoms with Gasteiger partial charge >= 0.3 is 0 Å². The molecule has 1 heterocycles. The van der Waals surface area contributed by atoms with Gasteiger partial charge in [-0.1, -0.05) is 34.1 Å². The summed E-state index contributed by atoms with van der Waals surface area (Å²) in [5.41, 5.74) is 2.33. The van der Waals surface area contributed by atoms with E-state index >= 15 is 0 Å². The van der Waals surface area contributed by atoms with Gasteiger partial charge in [0.2, 0.25) is 0 Å². The van der Waals surface area contributed by atoms with Gasteiger partial charge in [-0.2, -0.15) is 0 Å². The predicted molar refractivity (Wildman–Crippen MR) is 76.4 cm³/mol. The van der Waals surface area contributed by atoms with Gasteiger partial charge in [0.1, 0.15) is 0 Å². The Balaban J connectivity index is 1.84. The lowest BCUT2D eigenvalue weighted by atomic mass is 10.0. The number of hydrogen-bond donors (Lipinski definition) is 1. The molecule has 0 spiro atoms. The zero-order chi connectivity index (χ0) is 12.8. The molecule has 0 aliphatic heterocycles. The summed E-state index contributed by atoms with van der Waals surface area (Å²) in [7, 11) is 0. The average molecular weight is 306 g/mol. The molecule has 94 valence electrons. The first-order chi connectivity index (χ1) is 8.74. The van der Waals surface area contributed by atoms with Gasteiger partial charge in [-0.15, -0.1) is 0 Å². The van der Waals surface area contributed by atoms with Crippen LogP contribution in [0.15, 0.2) is 53.3 Å². The summed E-state index contributed by atoms with van der Waals surface area (Å²) < 4.78 is 1.06. The first-order valence-corrected chi connectivity index (χ1v) is 6.85. The van der Waals surface area contributed by atoms with Crippen molar-refractivity contribution in [2.75, 3.05) is 0 Å². The molecule has 2 nitrogen and oxygen atoms in total. The van der Waals surface area contributed by atoms with Crippen LogP contribution >= 0.6 is 15.9 Å². The molecule has 2 rings (SSSR count). The number of halogens is 1. The van der Waals surface area contributed by atoms with E-state index in [0.717, 1.165) is 22.9 Å². The van der Waals surface area contributed by atoms with Gasteiger partial charge in [0.05, 0.1) is 6.10 Å². The van der Waals surface area contributed by atoms with E-state index < -0.39 is 0 Å². The number of aliphatic hydroxyl groups is 1. The lowest BCUT2D eigenvalue weighted by Gasteiger charge is -2.10. The number of hydrogen-bond acceptors (Lipinski definition) is 2. The van der Waals surface area contributed by atoms with Crippen LogP contribution in [-0.2, 0) is 12.8 Å². The monoisotopic (exact) mass is 305 g/mol. The van der Waals surface area contributed by atoms with Crippen LogP contribution in [0.5, 0.6) is 0 Å². The topological polar surface area (TPSA) is 33.1 Å². The van der Waals surface area contributed by atoms with Gasteiger partial charge in [-0.25, -0.2) is 0 Å². The van der Waals surface area contributed by atoms with Crippen molar-refractivity contribution >= 4 is 15.9 Å². The molecule has 1 unspecified atom stereocenters. The van der Waals surface area contributed by atoms with E-state index in [9.17, 15) is 5.11 Å². The molecule has 3 heteroatoms. The normalized spacial score (nSPS) is 12.3. The van der Waals surface area contributed by atoms with Gasteiger partial charge in [0.15, 0.2) is 0 Å². The van der Waals surface area contributed by atoms with E-state index in [1.165, 1.54) is 5.56 Å². The second kappa shape index (κ2) is 6.66. The first-order valence-electron chi connectivity index (χ1n) is 6.05. The smallest absolute Gasteiger partial charge is 0.0583 e. The van der Waals surface area contributed by atoms with E-state index in [2.05, 4.69) is 20.9 Å². The summed E-state index contributed by atoms with van der Waals surface area (Å²) in [4.78, 5) is 4.07. The van der Waals surface area contributed by atoms with Crippen LogP contribution in [0.1, 0.15) is 17.5 Å². The maximum Gasteiger partial charge on any atom is 0.0583 e. The van der Waals surface area contributed by atoms with Crippen LogP contribution in [0.4, 0.5) is 0 Å². The number of rotatable bonds is 5. The molecule has 0 bridgehead atoms. The molecule has 0 fully saturated rings. The summed E-state index contributed by atoms with van der Waals surface area (Å²) in [6.07, 6.45) is 5.63. The summed E-state index contributed by atoms with van der Waals surface area (Å²) in [5, 5.41) is 10.0. The largest absolute Gasteiger partial charge is 0.393 e. The Morgan fingerprint density at radius 1 is 1.17 bits per heavy atom. The number of nitrogens with zero attached hydrogens (tertiary/aromatic N) is 1. The number of aliphatic hydroxyl groups excluding tert-OH is 1. The third kappa shape index (κ3) is 4.24. The fourth-order valence-corrected chi connectivity index (χ4v) is 2.36. The highest BCUT2D eigenvalue weighted by Crippen LogP contribution is 2.14. The molecule has 0 saturated carbocycles. The Morgan fingerprint density at radius 3 is 2.72 bits per heavy atom. The van der Waals surface area contributed by atoms with E-state index in [4.69, 9.17) is 0 Å². The lowest BCUT2D eigenvalue weighted by molar-refractivity contribution is 0.165. The molecule has 18 heavy (non-hydrogen) atoms. The Bertz CT molecular complexity index is 487. The van der Waals surface area contributed by atoms with Crippen molar-refractivity contribution < 1.29 is 5.11 Å². The summed E-state index contributed by atoms with van der Waals surface area (Å²) >= 11 is 3.44. The van der Waals surface area contributed by atoms with Crippen molar-refractivity contribution in [3.05, 3.63) is 64.4 Å². The fraction of sp³-hybridized carbons (Fsp3) is 0.267. The van der Waals surface area contributed by atoms with Crippen LogP contribution in [0.3, 0.4) is 0 Å². The molecule has 1 N–H and O–H groups in total. The van der Waals surface area contributed by atoms with Crippen LogP contribution in [0.2, 0.25) is 0 Å². The van der Waals surface area contributed by atoms with E-state index in [1.54, 1.807) is 6.20 Å². The van der Waals surface area contributed by atoms with Crippen molar-refractivity contribution in [2.24, 2.45) is 0 Å². The molecule has 0 saturated heterocycles. The Morgan fingerprint density at radius 2 is 2.00 bits per heavy atom. The summed E-state index contributed by atoms with van der Waals surface area (Å²) in [5.74, 6) is 0. The molecule has 1 atom stereocenters. The van der Waals surface area contributed by atoms with Crippen molar-refractivity contribution in [3.63, 3.8) is 0 Å². The van der Waals surface area contributed by atoms with Gasteiger partial charge < -0.3 is 5.11 Å². The Labute approximate surface area is 116 Å². The lowest BCUT2D eigenvalue weighted by Crippen LogP contribution is -2.11. The third-order valence-corrected chi connectivity index (χ3v) is 3.34. The quantitative estimate of drug-likeness (QED) is 0.918. The molecular weight excluding hydrogens is 290 g/mol. The zero-order valence-corrected chi connectivity index (χ0v) is 11.7. The Kier molecular flexibility index (Phi) is 4.90. The fourth-order valence-electron chi connectivity index (χ4n) is 1.92. The number of benzene rings is 1. The molecule has 0 radical (unpaired) electrons. The van der Waals surface area contributed by atoms with Crippen LogP contribution in [0, 0.1) is 0 Å². The van der Waals surface area contributed by atoms with Crippen molar-refractivity contribution in [3.8, 4) is 0 Å². The van der Waals surface area contributed by atoms with E-state index in [0.29, 0.717) is 6.42 Å². The average Bonchev–Trinajstić information content (AvgIpc) is 2.38. The van der Waals surface area contributed by atoms with Crippen molar-refractivity contribution in [1.29, 1.82) is 0 Å².